The smallest absolute Gasteiger partial charge is 0.119 e. The van der Waals surface area contributed by atoms with Crippen molar-refractivity contribution in [2.45, 2.75) is 44.6 Å². The van der Waals surface area contributed by atoms with E-state index in [-0.39, 0.29) is 18.1 Å². The van der Waals surface area contributed by atoms with Gasteiger partial charge >= 0.3 is 0 Å². The van der Waals surface area contributed by atoms with Gasteiger partial charge in [0.1, 0.15) is 23.8 Å². The van der Waals surface area contributed by atoms with Crippen LogP contribution in [0.15, 0.2) is 66.2 Å². The number of hydrogen-bond acceptors (Lipinski definition) is 7. The second kappa shape index (κ2) is 11.5. The molecule has 0 aromatic heterocycles. The fourth-order valence-corrected chi connectivity index (χ4v) is 4.94. The number of hydrogen-bond donors (Lipinski definition) is 3. The normalized spacial score (nSPS) is 25.1. The highest BCUT2D eigenvalue weighted by molar-refractivity contribution is 6.00. The van der Waals surface area contributed by atoms with Crippen molar-refractivity contribution in [2.75, 3.05) is 31.1 Å². The van der Waals surface area contributed by atoms with Crippen LogP contribution in [0.3, 0.4) is 0 Å². The van der Waals surface area contributed by atoms with E-state index in [1.807, 2.05) is 31.2 Å². The lowest BCUT2D eigenvalue weighted by Gasteiger charge is -2.29. The minimum absolute atomic E-state index is 0.0434. The summed E-state index contributed by atoms with van der Waals surface area (Å²) in [7, 11) is 0. The van der Waals surface area contributed by atoms with Gasteiger partial charge in [-0.15, -0.1) is 6.58 Å². The topological polar surface area (TPSA) is 90.2 Å². The number of rotatable bonds is 11. The van der Waals surface area contributed by atoms with Crippen molar-refractivity contribution < 1.29 is 14.6 Å². The van der Waals surface area contributed by atoms with Crippen molar-refractivity contribution in [3.8, 4) is 11.5 Å². The molecule has 7 heteroatoms. The molecule has 1 aliphatic carbocycles. The third kappa shape index (κ3) is 6.40. The van der Waals surface area contributed by atoms with Gasteiger partial charge in [0, 0.05) is 43.0 Å². The van der Waals surface area contributed by atoms with Crippen LogP contribution in [0.5, 0.6) is 11.5 Å². The summed E-state index contributed by atoms with van der Waals surface area (Å²) in [5.41, 5.74) is 2.68. The average Bonchev–Trinajstić information content (AvgIpc) is 3.64. The maximum absolute atomic E-state index is 10.7. The summed E-state index contributed by atoms with van der Waals surface area (Å²) in [5.74, 6) is 2.15. The Hall–Kier alpha value is -3.16. The Morgan fingerprint density at radius 2 is 1.86 bits per heavy atom. The first-order valence-corrected chi connectivity index (χ1v) is 13.4. The van der Waals surface area contributed by atoms with Crippen LogP contribution in [-0.2, 0) is 0 Å². The zero-order chi connectivity index (χ0) is 25.8. The first-order chi connectivity index (χ1) is 18.0. The van der Waals surface area contributed by atoms with E-state index in [2.05, 4.69) is 46.1 Å². The number of ether oxygens (including phenoxy) is 2. The van der Waals surface area contributed by atoms with Crippen LogP contribution in [0.2, 0.25) is 0 Å². The van der Waals surface area contributed by atoms with Gasteiger partial charge in [-0.05, 0) is 60.7 Å². The Morgan fingerprint density at radius 1 is 1.14 bits per heavy atom. The highest BCUT2D eigenvalue weighted by Gasteiger charge is 2.30. The lowest BCUT2D eigenvalue weighted by molar-refractivity contribution is 0.115. The van der Waals surface area contributed by atoms with E-state index < -0.39 is 12.1 Å². The predicted octanol–water partition coefficient (Wildman–Crippen LogP) is 4.62. The van der Waals surface area contributed by atoms with Crippen LogP contribution in [0.25, 0.3) is 0 Å². The lowest BCUT2D eigenvalue weighted by Crippen LogP contribution is -2.45. The van der Waals surface area contributed by atoms with Crippen LogP contribution in [0, 0.1) is 23.2 Å². The number of aliphatic hydroxyl groups is 1. The summed E-state index contributed by atoms with van der Waals surface area (Å²) in [6, 6.07) is 16.1. The van der Waals surface area contributed by atoms with Gasteiger partial charge < -0.3 is 24.9 Å². The Bertz CT molecular complexity index is 1100. The molecule has 0 bridgehead atoms. The molecule has 1 saturated heterocycles. The summed E-state index contributed by atoms with van der Waals surface area (Å²) >= 11 is 0. The molecule has 3 aliphatic rings. The maximum atomic E-state index is 10.7. The standard InChI is InChI=1S/C30H38N4O3/c1-3-28(33-30(35)27-17-32-16-20(2)29(27)31)22-6-10-25(11-7-22)37-26-14-15-34(18-26)23-8-12-24(13-9-23)36-19-21-4-5-21/h3,6-13,17,20-21,26-28,30-31,33,35H,1,4-5,14-16,18-19H2,2H3. The Morgan fingerprint density at radius 3 is 2.57 bits per heavy atom. The van der Waals surface area contributed by atoms with Gasteiger partial charge in [-0.1, -0.05) is 25.1 Å². The van der Waals surface area contributed by atoms with E-state index in [9.17, 15) is 5.11 Å². The quantitative estimate of drug-likeness (QED) is 0.308. The van der Waals surface area contributed by atoms with Gasteiger partial charge in [0.15, 0.2) is 0 Å². The molecule has 5 atom stereocenters. The molecule has 3 N–H and O–H groups in total. The van der Waals surface area contributed by atoms with Crippen molar-refractivity contribution in [2.24, 2.45) is 22.7 Å². The van der Waals surface area contributed by atoms with Crippen molar-refractivity contribution in [1.29, 1.82) is 5.41 Å². The van der Waals surface area contributed by atoms with E-state index in [0.717, 1.165) is 49.1 Å². The highest BCUT2D eigenvalue weighted by Crippen LogP contribution is 2.31. The Labute approximate surface area is 219 Å². The molecule has 1 saturated carbocycles. The number of nitrogens with zero attached hydrogens (tertiary/aromatic N) is 2. The van der Waals surface area contributed by atoms with Gasteiger partial charge in [0.25, 0.3) is 0 Å². The number of nitrogens with one attached hydrogen (secondary N) is 2. The van der Waals surface area contributed by atoms with Crippen molar-refractivity contribution in [1.82, 2.24) is 5.32 Å². The van der Waals surface area contributed by atoms with E-state index in [1.165, 1.54) is 18.5 Å². The molecule has 7 nitrogen and oxygen atoms in total. The summed E-state index contributed by atoms with van der Waals surface area (Å²) in [5, 5.41) is 22.2. The molecule has 196 valence electrons. The average molecular weight is 503 g/mol. The molecule has 2 aliphatic heterocycles. The summed E-state index contributed by atoms with van der Waals surface area (Å²) in [6.45, 7) is 9.15. The molecular formula is C30H38N4O3. The number of aliphatic hydroxyl groups excluding tert-OH is 1. The monoisotopic (exact) mass is 502 g/mol. The molecule has 2 heterocycles. The molecule has 5 rings (SSSR count). The van der Waals surface area contributed by atoms with E-state index >= 15 is 0 Å². The minimum Gasteiger partial charge on any atom is -0.493 e. The molecule has 2 aromatic rings. The lowest BCUT2D eigenvalue weighted by atomic mass is 9.89. The summed E-state index contributed by atoms with van der Waals surface area (Å²) < 4.78 is 12.1. The van der Waals surface area contributed by atoms with Gasteiger partial charge in [-0.3, -0.25) is 10.3 Å². The van der Waals surface area contributed by atoms with Crippen molar-refractivity contribution in [3.05, 3.63) is 66.7 Å². The Kier molecular flexibility index (Phi) is 7.91. The number of benzene rings is 2. The van der Waals surface area contributed by atoms with E-state index in [1.54, 1.807) is 12.3 Å². The molecule has 0 radical (unpaired) electrons. The summed E-state index contributed by atoms with van der Waals surface area (Å²) in [6.07, 6.45) is 6.24. The fourth-order valence-electron chi connectivity index (χ4n) is 4.94. The second-order valence-electron chi connectivity index (χ2n) is 10.5. The fraction of sp³-hybridized carbons (Fsp3) is 0.467. The molecule has 2 fully saturated rings. The highest BCUT2D eigenvalue weighted by atomic mass is 16.5. The van der Waals surface area contributed by atoms with Crippen LogP contribution in [-0.4, -0.2) is 55.6 Å². The largest absolute Gasteiger partial charge is 0.493 e. The zero-order valence-electron chi connectivity index (χ0n) is 21.6. The third-order valence-corrected chi connectivity index (χ3v) is 7.53. The van der Waals surface area contributed by atoms with Crippen LogP contribution >= 0.6 is 0 Å². The van der Waals surface area contributed by atoms with Gasteiger partial charge in [-0.25, -0.2) is 0 Å². The van der Waals surface area contributed by atoms with E-state index in [0.29, 0.717) is 12.3 Å². The SMILES string of the molecule is C=CC(NC(O)C1C=NCC(C)C1=N)c1ccc(OC2CCN(c3ccc(OCC4CC4)cc3)C2)cc1. The predicted molar refractivity (Wildman–Crippen MR) is 148 cm³/mol. The number of anilines is 1. The first-order valence-electron chi connectivity index (χ1n) is 13.4. The Balaban J connectivity index is 1.12. The van der Waals surface area contributed by atoms with Crippen LogP contribution in [0.4, 0.5) is 5.69 Å². The van der Waals surface area contributed by atoms with Crippen molar-refractivity contribution >= 4 is 17.6 Å². The molecule has 5 unspecified atom stereocenters. The number of aliphatic imine (C=N–C) groups is 1. The molecule has 37 heavy (non-hydrogen) atoms. The molecule has 0 spiro atoms. The maximum Gasteiger partial charge on any atom is 0.119 e. The third-order valence-electron chi connectivity index (χ3n) is 7.53. The van der Waals surface area contributed by atoms with Crippen LogP contribution < -0.4 is 19.7 Å². The van der Waals surface area contributed by atoms with E-state index in [4.69, 9.17) is 14.9 Å². The molecular weight excluding hydrogens is 464 g/mol. The summed E-state index contributed by atoms with van der Waals surface area (Å²) in [4.78, 5) is 6.66. The first kappa shape index (κ1) is 25.5. The molecule has 2 aromatic carbocycles. The van der Waals surface area contributed by atoms with Gasteiger partial charge in [-0.2, -0.15) is 0 Å². The zero-order valence-corrected chi connectivity index (χ0v) is 21.6. The second-order valence-corrected chi connectivity index (χ2v) is 10.5. The molecule has 0 amide bonds. The minimum atomic E-state index is -0.902. The van der Waals surface area contributed by atoms with Crippen LogP contribution in [0.1, 0.15) is 37.8 Å². The van der Waals surface area contributed by atoms with Crippen molar-refractivity contribution in [3.63, 3.8) is 0 Å². The van der Waals surface area contributed by atoms with Gasteiger partial charge in [0.05, 0.1) is 25.1 Å². The van der Waals surface area contributed by atoms with Gasteiger partial charge in [0.2, 0.25) is 0 Å².